The van der Waals surface area contributed by atoms with Gasteiger partial charge in [-0.2, -0.15) is 0 Å². The Morgan fingerprint density at radius 3 is 2.62 bits per heavy atom. The summed E-state index contributed by atoms with van der Waals surface area (Å²) >= 11 is 1.77. The summed E-state index contributed by atoms with van der Waals surface area (Å²) in [5, 5.41) is 4.90. The van der Waals surface area contributed by atoms with E-state index in [-0.39, 0.29) is 11.7 Å². The zero-order valence-electron chi connectivity index (χ0n) is 16.2. The Labute approximate surface area is 160 Å². The first-order valence-electron chi connectivity index (χ1n) is 9.28. The Kier molecular flexibility index (Phi) is 7.60. The van der Waals surface area contributed by atoms with Crippen LogP contribution < -0.4 is 10.2 Å². The molecule has 142 valence electrons. The molecular weight excluding hydrogens is 346 g/mol. The molecule has 0 aliphatic carbocycles. The predicted molar refractivity (Wildman–Crippen MR) is 106 cm³/mol. The van der Waals surface area contributed by atoms with Crippen LogP contribution in [0.5, 0.6) is 0 Å². The largest absolute Gasteiger partial charge is 0.351 e. The molecule has 0 fully saturated rings. The van der Waals surface area contributed by atoms with Crippen LogP contribution in [0.15, 0.2) is 23.6 Å². The van der Waals surface area contributed by atoms with Crippen molar-refractivity contribution in [3.05, 3.63) is 45.4 Å². The molecule has 1 amide bonds. The molecule has 2 heterocycles. The van der Waals surface area contributed by atoms with Crippen LogP contribution in [0.25, 0.3) is 0 Å². The third-order valence-corrected chi connectivity index (χ3v) is 5.67. The number of carbonyl (C=O) groups excluding carboxylic acids is 2. The van der Waals surface area contributed by atoms with Crippen LogP contribution in [0.2, 0.25) is 0 Å². The van der Waals surface area contributed by atoms with Gasteiger partial charge in [0, 0.05) is 34.9 Å². The zero-order valence-corrected chi connectivity index (χ0v) is 17.0. The molecule has 0 bridgehead atoms. The van der Waals surface area contributed by atoms with Gasteiger partial charge in [0.15, 0.2) is 6.54 Å². The smallest absolute Gasteiger partial charge is 0.275 e. The molecule has 2 aromatic heterocycles. The van der Waals surface area contributed by atoms with Gasteiger partial charge >= 0.3 is 0 Å². The summed E-state index contributed by atoms with van der Waals surface area (Å²) in [4.78, 5) is 27.0. The maximum Gasteiger partial charge on any atom is 0.275 e. The number of hydrogen-bond donors (Lipinski definition) is 2. The number of ketones is 1. The maximum absolute atomic E-state index is 12.8. The summed E-state index contributed by atoms with van der Waals surface area (Å²) in [7, 11) is 0. The van der Waals surface area contributed by atoms with Gasteiger partial charge in [-0.15, -0.1) is 11.3 Å². The standard InChI is InChI=1S/C20H29N3O2S/c1-5-21-20(25)14-22(6-2)13-19(24)18-12-15(3)23(16(18)4)10-9-17-8-7-11-26-17/h7-8,11-12H,5-6,9-10,13-14H2,1-4H3,(H,21,25)/p+1. The lowest BCUT2D eigenvalue weighted by molar-refractivity contribution is -0.881. The highest BCUT2D eigenvalue weighted by atomic mass is 32.1. The molecule has 0 spiro atoms. The number of aryl methyl sites for hydroxylation is 2. The van der Waals surface area contributed by atoms with Crippen molar-refractivity contribution in [3.63, 3.8) is 0 Å². The van der Waals surface area contributed by atoms with Gasteiger partial charge in [0.25, 0.3) is 5.91 Å². The Balaban J connectivity index is 2.04. The quantitative estimate of drug-likeness (QED) is 0.620. The monoisotopic (exact) mass is 376 g/mol. The second kappa shape index (κ2) is 9.69. The van der Waals surface area contributed by atoms with Crippen molar-refractivity contribution in [1.82, 2.24) is 9.88 Å². The van der Waals surface area contributed by atoms with Crippen molar-refractivity contribution >= 4 is 23.0 Å². The number of carbonyl (C=O) groups is 2. The number of thiophene rings is 1. The van der Waals surface area contributed by atoms with Crippen LogP contribution in [-0.2, 0) is 17.8 Å². The summed E-state index contributed by atoms with van der Waals surface area (Å²) < 4.78 is 2.22. The summed E-state index contributed by atoms with van der Waals surface area (Å²) in [5.74, 6) is 0.111. The van der Waals surface area contributed by atoms with Gasteiger partial charge in [0.05, 0.1) is 6.54 Å². The van der Waals surface area contributed by atoms with Gasteiger partial charge in [-0.25, -0.2) is 0 Å². The minimum Gasteiger partial charge on any atom is -0.351 e. The van der Waals surface area contributed by atoms with Crippen LogP contribution in [-0.4, -0.2) is 42.4 Å². The van der Waals surface area contributed by atoms with Crippen molar-refractivity contribution in [1.29, 1.82) is 0 Å². The number of quaternary nitrogens is 1. The molecule has 5 nitrogen and oxygen atoms in total. The highest BCUT2D eigenvalue weighted by molar-refractivity contribution is 7.09. The summed E-state index contributed by atoms with van der Waals surface area (Å²) in [5.41, 5.74) is 2.93. The van der Waals surface area contributed by atoms with Crippen molar-refractivity contribution in [2.75, 3.05) is 26.2 Å². The molecule has 2 N–H and O–H groups in total. The fourth-order valence-electron chi connectivity index (χ4n) is 3.23. The summed E-state index contributed by atoms with van der Waals surface area (Å²) in [6.07, 6.45) is 0.977. The van der Waals surface area contributed by atoms with E-state index in [9.17, 15) is 9.59 Å². The van der Waals surface area contributed by atoms with E-state index in [0.717, 1.165) is 41.4 Å². The first kappa shape index (κ1) is 20.4. The third-order valence-electron chi connectivity index (χ3n) is 4.73. The Hall–Kier alpha value is -1.92. The number of hydrogen-bond acceptors (Lipinski definition) is 3. The van der Waals surface area contributed by atoms with Gasteiger partial charge in [-0.1, -0.05) is 6.07 Å². The van der Waals surface area contributed by atoms with Gasteiger partial charge in [0.1, 0.15) is 6.54 Å². The van der Waals surface area contributed by atoms with Crippen molar-refractivity contribution < 1.29 is 14.5 Å². The Bertz CT molecular complexity index is 735. The number of Topliss-reactive ketones (excluding diaryl/α,β-unsaturated/α-hetero) is 1. The maximum atomic E-state index is 12.8. The van der Waals surface area contributed by atoms with Gasteiger partial charge < -0.3 is 14.8 Å². The van der Waals surface area contributed by atoms with Crippen LogP contribution in [0, 0.1) is 13.8 Å². The molecule has 6 heteroatoms. The van der Waals surface area contributed by atoms with E-state index in [1.54, 1.807) is 11.3 Å². The SMILES string of the molecule is CCNC(=O)C[NH+](CC)CC(=O)c1cc(C)n(CCc2cccs2)c1C. The van der Waals surface area contributed by atoms with Gasteiger partial charge in [0.2, 0.25) is 5.78 Å². The third kappa shape index (κ3) is 5.29. The number of nitrogens with zero attached hydrogens (tertiary/aromatic N) is 1. The highest BCUT2D eigenvalue weighted by Crippen LogP contribution is 2.17. The van der Waals surface area contributed by atoms with Crippen LogP contribution in [0.1, 0.15) is 40.5 Å². The lowest BCUT2D eigenvalue weighted by Gasteiger charge is -2.16. The fraction of sp³-hybridized carbons (Fsp3) is 0.500. The second-order valence-electron chi connectivity index (χ2n) is 6.60. The van der Waals surface area contributed by atoms with E-state index in [1.807, 2.05) is 26.8 Å². The number of likely N-dealkylation sites (N-methyl/N-ethyl adjacent to an activating group) is 2. The van der Waals surface area contributed by atoms with Crippen LogP contribution in [0.4, 0.5) is 0 Å². The first-order valence-corrected chi connectivity index (χ1v) is 10.2. The van der Waals surface area contributed by atoms with E-state index in [2.05, 4.69) is 34.3 Å². The highest BCUT2D eigenvalue weighted by Gasteiger charge is 2.21. The molecule has 0 aliphatic heterocycles. The van der Waals surface area contributed by atoms with E-state index < -0.39 is 0 Å². The van der Waals surface area contributed by atoms with E-state index in [4.69, 9.17) is 0 Å². The lowest BCUT2D eigenvalue weighted by atomic mass is 10.1. The number of rotatable bonds is 10. The van der Waals surface area contributed by atoms with Crippen molar-refractivity contribution in [2.24, 2.45) is 0 Å². The first-order chi connectivity index (χ1) is 12.5. The van der Waals surface area contributed by atoms with Crippen LogP contribution in [0.3, 0.4) is 0 Å². The Morgan fingerprint density at radius 1 is 1.23 bits per heavy atom. The molecule has 0 aliphatic rings. The normalized spacial score (nSPS) is 12.2. The summed E-state index contributed by atoms with van der Waals surface area (Å²) in [6.45, 7) is 10.9. The number of aromatic nitrogens is 1. The van der Waals surface area contributed by atoms with Gasteiger partial charge in [-0.05, 0) is 51.6 Å². The van der Waals surface area contributed by atoms with E-state index in [1.165, 1.54) is 4.88 Å². The molecule has 2 aromatic rings. The topological polar surface area (TPSA) is 55.5 Å². The van der Waals surface area contributed by atoms with Crippen molar-refractivity contribution in [3.8, 4) is 0 Å². The minimum atomic E-state index is -0.00132. The average Bonchev–Trinajstić information content (AvgIpc) is 3.21. The molecule has 0 aromatic carbocycles. The van der Waals surface area contributed by atoms with Crippen LogP contribution >= 0.6 is 11.3 Å². The predicted octanol–water partition coefficient (Wildman–Crippen LogP) is 1.63. The molecule has 2 rings (SSSR count). The van der Waals surface area contributed by atoms with Gasteiger partial charge in [-0.3, -0.25) is 9.59 Å². The molecule has 26 heavy (non-hydrogen) atoms. The second-order valence-corrected chi connectivity index (χ2v) is 7.63. The van der Waals surface area contributed by atoms with E-state index in [0.29, 0.717) is 19.6 Å². The molecule has 0 radical (unpaired) electrons. The molecule has 1 atom stereocenters. The summed E-state index contributed by atoms with van der Waals surface area (Å²) in [6, 6.07) is 6.21. The lowest BCUT2D eigenvalue weighted by Crippen LogP contribution is -3.13. The molecule has 0 saturated heterocycles. The number of nitrogens with one attached hydrogen (secondary N) is 2. The van der Waals surface area contributed by atoms with E-state index >= 15 is 0 Å². The molecule has 1 unspecified atom stereocenters. The van der Waals surface area contributed by atoms with Crippen molar-refractivity contribution in [2.45, 2.75) is 40.7 Å². The molecular formula is C20H30N3O2S+. The zero-order chi connectivity index (χ0) is 19.1. The number of amides is 1. The molecule has 0 saturated carbocycles. The Morgan fingerprint density at radius 2 is 2.00 bits per heavy atom. The fourth-order valence-corrected chi connectivity index (χ4v) is 3.92. The minimum absolute atomic E-state index is 0.00132. The average molecular weight is 377 g/mol.